The molecule has 0 aliphatic rings. The standard InChI is InChI=1S/C15H15FO2/c1-10-8-15(13(11(2)17)9-14(10)16)18-12-6-4-3-5-7-12/h3-9,11,17H,1-2H3/t11-/m1/s1. The zero-order valence-corrected chi connectivity index (χ0v) is 10.4. The van der Waals surface area contributed by atoms with E-state index in [4.69, 9.17) is 4.74 Å². The molecule has 0 heterocycles. The Morgan fingerprint density at radius 1 is 1.17 bits per heavy atom. The lowest BCUT2D eigenvalue weighted by Crippen LogP contribution is -1.99. The quantitative estimate of drug-likeness (QED) is 0.887. The minimum atomic E-state index is -0.779. The molecule has 2 nitrogen and oxygen atoms in total. The van der Waals surface area contributed by atoms with Gasteiger partial charge in [-0.1, -0.05) is 18.2 Å². The van der Waals surface area contributed by atoms with Gasteiger partial charge in [0.05, 0.1) is 6.10 Å². The molecule has 0 saturated carbocycles. The van der Waals surface area contributed by atoms with Gasteiger partial charge in [0.2, 0.25) is 0 Å². The summed E-state index contributed by atoms with van der Waals surface area (Å²) in [5.41, 5.74) is 0.937. The van der Waals surface area contributed by atoms with Gasteiger partial charge in [0, 0.05) is 5.56 Å². The van der Waals surface area contributed by atoms with Crippen molar-refractivity contribution in [2.45, 2.75) is 20.0 Å². The normalized spacial score (nSPS) is 12.2. The molecule has 0 saturated heterocycles. The summed E-state index contributed by atoms with van der Waals surface area (Å²) in [6.07, 6.45) is -0.779. The van der Waals surface area contributed by atoms with Gasteiger partial charge in [0.1, 0.15) is 17.3 Å². The molecule has 1 N–H and O–H groups in total. The third-order valence-corrected chi connectivity index (χ3v) is 2.71. The van der Waals surface area contributed by atoms with Crippen LogP contribution in [0.3, 0.4) is 0 Å². The second-order valence-electron chi connectivity index (χ2n) is 4.23. The maximum absolute atomic E-state index is 13.5. The highest BCUT2D eigenvalue weighted by Gasteiger charge is 2.13. The highest BCUT2D eigenvalue weighted by atomic mass is 19.1. The Morgan fingerprint density at radius 2 is 1.83 bits per heavy atom. The van der Waals surface area contributed by atoms with E-state index in [-0.39, 0.29) is 5.82 Å². The number of hydrogen-bond donors (Lipinski definition) is 1. The number of aliphatic hydroxyl groups excluding tert-OH is 1. The third-order valence-electron chi connectivity index (χ3n) is 2.71. The van der Waals surface area contributed by atoms with Crippen LogP contribution < -0.4 is 4.74 Å². The van der Waals surface area contributed by atoms with E-state index in [0.29, 0.717) is 22.6 Å². The van der Waals surface area contributed by atoms with Gasteiger partial charge >= 0.3 is 0 Å². The van der Waals surface area contributed by atoms with E-state index in [0.717, 1.165) is 0 Å². The highest BCUT2D eigenvalue weighted by molar-refractivity contribution is 5.42. The molecule has 0 amide bonds. The maximum Gasteiger partial charge on any atom is 0.133 e. The second kappa shape index (κ2) is 5.19. The predicted molar refractivity (Wildman–Crippen MR) is 68.3 cm³/mol. The van der Waals surface area contributed by atoms with Crippen LogP contribution in [0.15, 0.2) is 42.5 Å². The average molecular weight is 246 g/mol. The van der Waals surface area contributed by atoms with Crippen molar-refractivity contribution in [3.63, 3.8) is 0 Å². The van der Waals surface area contributed by atoms with Crippen LogP contribution in [0, 0.1) is 12.7 Å². The molecule has 2 aromatic rings. The Bertz CT molecular complexity index is 536. The zero-order valence-electron chi connectivity index (χ0n) is 10.4. The number of para-hydroxylation sites is 1. The number of hydrogen-bond acceptors (Lipinski definition) is 2. The Hall–Kier alpha value is -1.87. The number of benzene rings is 2. The molecule has 0 aromatic heterocycles. The van der Waals surface area contributed by atoms with Crippen LogP contribution in [0.2, 0.25) is 0 Å². The lowest BCUT2D eigenvalue weighted by atomic mass is 10.1. The smallest absolute Gasteiger partial charge is 0.133 e. The van der Waals surface area contributed by atoms with Crippen molar-refractivity contribution in [2.75, 3.05) is 0 Å². The van der Waals surface area contributed by atoms with Crippen LogP contribution >= 0.6 is 0 Å². The molecule has 2 aromatic carbocycles. The van der Waals surface area contributed by atoms with Crippen molar-refractivity contribution in [3.8, 4) is 11.5 Å². The largest absolute Gasteiger partial charge is 0.457 e. The number of aliphatic hydroxyl groups is 1. The predicted octanol–water partition coefficient (Wildman–Crippen LogP) is 3.98. The van der Waals surface area contributed by atoms with Gasteiger partial charge in [-0.3, -0.25) is 0 Å². The monoisotopic (exact) mass is 246 g/mol. The van der Waals surface area contributed by atoms with Crippen LogP contribution in [0.5, 0.6) is 11.5 Å². The minimum absolute atomic E-state index is 0.341. The van der Waals surface area contributed by atoms with Crippen LogP contribution in [0.4, 0.5) is 4.39 Å². The Kier molecular flexibility index (Phi) is 3.63. The lowest BCUT2D eigenvalue weighted by Gasteiger charge is -2.14. The molecule has 0 fully saturated rings. The van der Waals surface area contributed by atoms with Gasteiger partial charge in [0.25, 0.3) is 0 Å². The summed E-state index contributed by atoms with van der Waals surface area (Å²) in [5, 5.41) is 9.65. The van der Waals surface area contributed by atoms with Crippen molar-refractivity contribution in [1.82, 2.24) is 0 Å². The number of halogens is 1. The van der Waals surface area contributed by atoms with Crippen molar-refractivity contribution >= 4 is 0 Å². The van der Waals surface area contributed by atoms with Crippen LogP contribution in [-0.4, -0.2) is 5.11 Å². The highest BCUT2D eigenvalue weighted by Crippen LogP contribution is 2.31. The summed E-state index contributed by atoms with van der Waals surface area (Å²) in [6.45, 7) is 3.25. The second-order valence-corrected chi connectivity index (χ2v) is 4.23. The average Bonchev–Trinajstić information content (AvgIpc) is 2.34. The molecule has 0 bridgehead atoms. The van der Waals surface area contributed by atoms with E-state index in [9.17, 15) is 9.50 Å². The summed E-state index contributed by atoms with van der Waals surface area (Å²) >= 11 is 0. The fourth-order valence-electron chi connectivity index (χ4n) is 1.70. The van der Waals surface area contributed by atoms with E-state index in [1.54, 1.807) is 19.9 Å². The van der Waals surface area contributed by atoms with Crippen LogP contribution in [-0.2, 0) is 0 Å². The first kappa shape index (κ1) is 12.6. The minimum Gasteiger partial charge on any atom is -0.457 e. The molecule has 0 aliphatic carbocycles. The fraction of sp³-hybridized carbons (Fsp3) is 0.200. The summed E-state index contributed by atoms with van der Waals surface area (Å²) in [5.74, 6) is 0.798. The van der Waals surface area contributed by atoms with Gasteiger partial charge in [-0.25, -0.2) is 4.39 Å². The molecule has 3 heteroatoms. The SMILES string of the molecule is Cc1cc(Oc2ccccc2)c([C@@H](C)O)cc1F. The van der Waals surface area contributed by atoms with Crippen molar-refractivity contribution in [2.24, 2.45) is 0 Å². The lowest BCUT2D eigenvalue weighted by molar-refractivity contribution is 0.195. The maximum atomic E-state index is 13.5. The molecule has 2 rings (SSSR count). The number of ether oxygens (including phenoxy) is 1. The Morgan fingerprint density at radius 3 is 2.44 bits per heavy atom. The van der Waals surface area contributed by atoms with Crippen molar-refractivity contribution in [1.29, 1.82) is 0 Å². The third kappa shape index (κ3) is 2.68. The van der Waals surface area contributed by atoms with Crippen molar-refractivity contribution in [3.05, 3.63) is 59.4 Å². The fourth-order valence-corrected chi connectivity index (χ4v) is 1.70. The molecule has 0 aliphatic heterocycles. The van der Waals surface area contributed by atoms with Gasteiger partial charge in [-0.05, 0) is 43.7 Å². The number of rotatable bonds is 3. The molecule has 0 spiro atoms. The molecule has 18 heavy (non-hydrogen) atoms. The summed E-state index contributed by atoms with van der Waals surface area (Å²) in [4.78, 5) is 0. The molecular formula is C15H15FO2. The van der Waals surface area contributed by atoms with Gasteiger partial charge in [-0.15, -0.1) is 0 Å². The number of aryl methyl sites for hydroxylation is 1. The van der Waals surface area contributed by atoms with Crippen LogP contribution in [0.25, 0.3) is 0 Å². The van der Waals surface area contributed by atoms with E-state index < -0.39 is 6.10 Å². The van der Waals surface area contributed by atoms with Crippen molar-refractivity contribution < 1.29 is 14.2 Å². The van der Waals surface area contributed by atoms with E-state index in [2.05, 4.69) is 0 Å². The first-order chi connectivity index (χ1) is 8.58. The first-order valence-corrected chi connectivity index (χ1v) is 5.79. The summed E-state index contributed by atoms with van der Waals surface area (Å²) < 4.78 is 19.2. The topological polar surface area (TPSA) is 29.5 Å². The van der Waals surface area contributed by atoms with Crippen LogP contribution in [0.1, 0.15) is 24.2 Å². The summed E-state index contributed by atoms with van der Waals surface area (Å²) in [6, 6.07) is 12.1. The molecule has 0 unspecified atom stereocenters. The Balaban J connectivity index is 2.40. The molecule has 1 atom stereocenters. The zero-order chi connectivity index (χ0) is 13.1. The van der Waals surface area contributed by atoms with E-state index in [1.165, 1.54) is 6.07 Å². The Labute approximate surface area is 106 Å². The van der Waals surface area contributed by atoms with Gasteiger partial charge < -0.3 is 9.84 Å². The molecular weight excluding hydrogens is 231 g/mol. The van der Waals surface area contributed by atoms with Gasteiger partial charge in [0.15, 0.2) is 0 Å². The molecule has 0 radical (unpaired) electrons. The summed E-state index contributed by atoms with van der Waals surface area (Å²) in [7, 11) is 0. The van der Waals surface area contributed by atoms with E-state index in [1.807, 2.05) is 30.3 Å². The first-order valence-electron chi connectivity index (χ1n) is 5.79. The van der Waals surface area contributed by atoms with E-state index >= 15 is 0 Å². The van der Waals surface area contributed by atoms with Gasteiger partial charge in [-0.2, -0.15) is 0 Å². The molecule has 94 valence electrons.